The maximum absolute atomic E-state index is 13.1. The Balaban J connectivity index is 1.39. The summed E-state index contributed by atoms with van der Waals surface area (Å²) in [5.41, 5.74) is 4.83. The molecule has 0 N–H and O–H groups in total. The lowest BCUT2D eigenvalue weighted by Gasteiger charge is -2.41. The standard InChI is InChI=1S/C23H29N3O/c1-24(2)22-10-6-5-9-21(22)23(27)26-15-13-25(14-16-26)20-12-11-18-7-3-4-8-19(18)17-20/h3-10,20H,11-17H2,1-2H3/t20-/m0/s1. The van der Waals surface area contributed by atoms with E-state index in [9.17, 15) is 4.79 Å². The fraction of sp³-hybridized carbons (Fsp3) is 0.435. The second-order valence-electron chi connectivity index (χ2n) is 7.91. The van der Waals surface area contributed by atoms with Crippen molar-refractivity contribution in [2.75, 3.05) is 45.2 Å². The predicted molar refractivity (Wildman–Crippen MR) is 111 cm³/mol. The molecule has 1 amide bonds. The number of carbonyl (C=O) groups excluding carboxylic acids is 1. The van der Waals surface area contributed by atoms with Crippen LogP contribution >= 0.6 is 0 Å². The van der Waals surface area contributed by atoms with E-state index >= 15 is 0 Å². The number of benzene rings is 2. The molecule has 0 aromatic heterocycles. The first-order valence-corrected chi connectivity index (χ1v) is 10.00. The Labute approximate surface area is 162 Å². The molecule has 4 heteroatoms. The van der Waals surface area contributed by atoms with Crippen molar-refractivity contribution in [2.45, 2.75) is 25.3 Å². The van der Waals surface area contributed by atoms with Gasteiger partial charge in [-0.3, -0.25) is 9.69 Å². The lowest BCUT2D eigenvalue weighted by molar-refractivity contribution is 0.0553. The summed E-state index contributed by atoms with van der Waals surface area (Å²) in [6, 6.07) is 17.4. The Kier molecular flexibility index (Phi) is 5.17. The average Bonchev–Trinajstić information content (AvgIpc) is 2.73. The molecule has 0 bridgehead atoms. The zero-order chi connectivity index (χ0) is 18.8. The van der Waals surface area contributed by atoms with Crippen LogP contribution in [0.3, 0.4) is 0 Å². The molecule has 0 unspecified atom stereocenters. The first kappa shape index (κ1) is 18.1. The second-order valence-corrected chi connectivity index (χ2v) is 7.91. The van der Waals surface area contributed by atoms with Gasteiger partial charge in [-0.2, -0.15) is 0 Å². The van der Waals surface area contributed by atoms with E-state index in [4.69, 9.17) is 0 Å². The molecule has 2 aromatic rings. The van der Waals surface area contributed by atoms with Crippen molar-refractivity contribution in [1.29, 1.82) is 0 Å². The van der Waals surface area contributed by atoms with Crippen LogP contribution in [0.1, 0.15) is 27.9 Å². The minimum atomic E-state index is 0.160. The maximum Gasteiger partial charge on any atom is 0.256 e. The van der Waals surface area contributed by atoms with Crippen molar-refractivity contribution in [1.82, 2.24) is 9.80 Å². The number of aryl methyl sites for hydroxylation is 1. The smallest absolute Gasteiger partial charge is 0.256 e. The number of piperazine rings is 1. The molecule has 1 atom stereocenters. The van der Waals surface area contributed by atoms with Gasteiger partial charge in [0.15, 0.2) is 0 Å². The van der Waals surface area contributed by atoms with E-state index in [0.717, 1.165) is 43.9 Å². The normalized spacial score (nSPS) is 20.2. The van der Waals surface area contributed by atoms with Crippen LogP contribution < -0.4 is 4.90 Å². The zero-order valence-electron chi connectivity index (χ0n) is 16.4. The first-order valence-electron chi connectivity index (χ1n) is 10.00. The highest BCUT2D eigenvalue weighted by Crippen LogP contribution is 2.26. The van der Waals surface area contributed by atoms with Gasteiger partial charge in [-0.05, 0) is 42.5 Å². The number of fused-ring (bicyclic) bond motifs is 1. The van der Waals surface area contributed by atoms with E-state index in [1.807, 2.05) is 48.2 Å². The van der Waals surface area contributed by atoms with Crippen LogP contribution in [0.5, 0.6) is 0 Å². The van der Waals surface area contributed by atoms with Crippen LogP contribution in [0.25, 0.3) is 0 Å². The molecule has 0 spiro atoms. The quantitative estimate of drug-likeness (QED) is 0.839. The van der Waals surface area contributed by atoms with Crippen LogP contribution in [0.15, 0.2) is 48.5 Å². The van der Waals surface area contributed by atoms with Gasteiger partial charge in [0.2, 0.25) is 0 Å². The van der Waals surface area contributed by atoms with E-state index in [0.29, 0.717) is 6.04 Å². The lowest BCUT2D eigenvalue weighted by atomic mass is 9.87. The molecule has 142 valence electrons. The van der Waals surface area contributed by atoms with Gasteiger partial charge in [-0.25, -0.2) is 0 Å². The molecule has 4 nitrogen and oxygen atoms in total. The third-order valence-corrected chi connectivity index (χ3v) is 6.05. The molecule has 27 heavy (non-hydrogen) atoms. The van der Waals surface area contributed by atoms with Crippen LogP contribution in [0, 0.1) is 0 Å². The molecular weight excluding hydrogens is 334 g/mol. The Bertz CT molecular complexity index is 809. The van der Waals surface area contributed by atoms with Gasteiger partial charge < -0.3 is 9.80 Å². The van der Waals surface area contributed by atoms with Crippen molar-refractivity contribution in [3.8, 4) is 0 Å². The zero-order valence-corrected chi connectivity index (χ0v) is 16.4. The van der Waals surface area contributed by atoms with E-state index in [2.05, 4.69) is 29.2 Å². The van der Waals surface area contributed by atoms with E-state index in [-0.39, 0.29) is 5.91 Å². The van der Waals surface area contributed by atoms with Crippen LogP contribution in [0.2, 0.25) is 0 Å². The van der Waals surface area contributed by atoms with Gasteiger partial charge in [-0.15, -0.1) is 0 Å². The van der Waals surface area contributed by atoms with E-state index in [1.54, 1.807) is 0 Å². The highest BCUT2D eigenvalue weighted by molar-refractivity contribution is 5.99. The van der Waals surface area contributed by atoms with Crippen molar-refractivity contribution in [2.24, 2.45) is 0 Å². The topological polar surface area (TPSA) is 26.8 Å². The highest BCUT2D eigenvalue weighted by Gasteiger charge is 2.29. The number of anilines is 1. The second kappa shape index (κ2) is 7.73. The Morgan fingerprint density at radius 2 is 1.59 bits per heavy atom. The first-order chi connectivity index (χ1) is 13.1. The van der Waals surface area contributed by atoms with Gasteiger partial charge >= 0.3 is 0 Å². The molecule has 2 aliphatic rings. The summed E-state index contributed by atoms with van der Waals surface area (Å²) < 4.78 is 0. The summed E-state index contributed by atoms with van der Waals surface area (Å²) in [5.74, 6) is 0.160. The molecule has 0 saturated carbocycles. The number of nitrogens with zero attached hydrogens (tertiary/aromatic N) is 3. The van der Waals surface area contributed by atoms with Gasteiger partial charge in [0.1, 0.15) is 0 Å². The van der Waals surface area contributed by atoms with E-state index in [1.165, 1.54) is 24.0 Å². The number of hydrogen-bond acceptors (Lipinski definition) is 3. The Morgan fingerprint density at radius 1 is 0.926 bits per heavy atom. The monoisotopic (exact) mass is 363 g/mol. The third kappa shape index (κ3) is 3.72. The molecule has 4 rings (SSSR count). The lowest BCUT2D eigenvalue weighted by Crippen LogP contribution is -2.53. The third-order valence-electron chi connectivity index (χ3n) is 6.05. The SMILES string of the molecule is CN(C)c1ccccc1C(=O)N1CCN([C@H]2CCc3ccccc3C2)CC1. The number of rotatable bonds is 3. The molecule has 1 saturated heterocycles. The number of para-hydroxylation sites is 1. The van der Waals surface area contributed by atoms with Crippen molar-refractivity contribution in [3.05, 3.63) is 65.2 Å². The fourth-order valence-corrected chi connectivity index (χ4v) is 4.50. The van der Waals surface area contributed by atoms with Crippen molar-refractivity contribution >= 4 is 11.6 Å². The van der Waals surface area contributed by atoms with Gasteiger partial charge in [0, 0.05) is 52.0 Å². The molecule has 2 aromatic carbocycles. The highest BCUT2D eigenvalue weighted by atomic mass is 16.2. The summed E-state index contributed by atoms with van der Waals surface area (Å²) in [4.78, 5) is 19.7. The predicted octanol–water partition coefficient (Wildman–Crippen LogP) is 3.07. The largest absolute Gasteiger partial charge is 0.377 e. The molecule has 1 fully saturated rings. The molecule has 1 heterocycles. The van der Waals surface area contributed by atoms with Crippen LogP contribution in [-0.4, -0.2) is 62.0 Å². The van der Waals surface area contributed by atoms with Crippen LogP contribution in [0.4, 0.5) is 5.69 Å². The van der Waals surface area contributed by atoms with Gasteiger partial charge in [0.25, 0.3) is 5.91 Å². The average molecular weight is 364 g/mol. The number of hydrogen-bond donors (Lipinski definition) is 0. The fourth-order valence-electron chi connectivity index (χ4n) is 4.50. The molecule has 0 radical (unpaired) electrons. The summed E-state index contributed by atoms with van der Waals surface area (Å²) in [7, 11) is 3.98. The van der Waals surface area contributed by atoms with E-state index < -0.39 is 0 Å². The number of carbonyl (C=O) groups is 1. The summed E-state index contributed by atoms with van der Waals surface area (Å²) in [6.45, 7) is 3.59. The molecule has 1 aliphatic carbocycles. The summed E-state index contributed by atoms with van der Waals surface area (Å²) in [5, 5.41) is 0. The minimum absolute atomic E-state index is 0.160. The van der Waals surface area contributed by atoms with Crippen LogP contribution in [-0.2, 0) is 12.8 Å². The van der Waals surface area contributed by atoms with Gasteiger partial charge in [0.05, 0.1) is 5.56 Å². The minimum Gasteiger partial charge on any atom is -0.377 e. The molecule has 1 aliphatic heterocycles. The van der Waals surface area contributed by atoms with Gasteiger partial charge in [-0.1, -0.05) is 36.4 Å². The summed E-state index contributed by atoms with van der Waals surface area (Å²) >= 11 is 0. The van der Waals surface area contributed by atoms with Crippen molar-refractivity contribution in [3.63, 3.8) is 0 Å². The number of amides is 1. The molecular formula is C23H29N3O. The Hall–Kier alpha value is -2.33. The summed E-state index contributed by atoms with van der Waals surface area (Å²) in [6.07, 6.45) is 3.55. The van der Waals surface area contributed by atoms with Crippen molar-refractivity contribution < 1.29 is 4.79 Å². The maximum atomic E-state index is 13.1. The Morgan fingerprint density at radius 3 is 2.33 bits per heavy atom.